The van der Waals surface area contributed by atoms with Crippen LogP contribution >= 0.6 is 24.0 Å². The monoisotopic (exact) mass is 447 g/mol. The van der Waals surface area contributed by atoms with Crippen LogP contribution in [0, 0.1) is 5.92 Å². The van der Waals surface area contributed by atoms with Gasteiger partial charge in [0, 0.05) is 39.8 Å². The minimum atomic E-state index is 0. The first-order valence-electron chi connectivity index (χ1n) is 8.77. The molecule has 1 aliphatic carbocycles. The quantitative estimate of drug-likeness (QED) is 0.406. The van der Waals surface area contributed by atoms with E-state index in [1.54, 1.807) is 11.0 Å². The van der Waals surface area contributed by atoms with E-state index in [9.17, 15) is 0 Å². The molecule has 1 saturated carbocycles. The number of hydrogen-bond donors (Lipinski definition) is 2. The average Bonchev–Trinajstić information content (AvgIpc) is 3.28. The molecule has 1 aromatic heterocycles. The molecule has 0 spiro atoms. The van der Waals surface area contributed by atoms with Gasteiger partial charge in [-0.15, -0.1) is 24.0 Å². The van der Waals surface area contributed by atoms with E-state index in [4.69, 9.17) is 0 Å². The highest BCUT2D eigenvalue weighted by molar-refractivity contribution is 14.0. The molecule has 3 rings (SSSR count). The zero-order valence-corrected chi connectivity index (χ0v) is 17.1. The number of halogens is 1. The van der Waals surface area contributed by atoms with Gasteiger partial charge in [0.25, 0.3) is 0 Å². The summed E-state index contributed by atoms with van der Waals surface area (Å²) in [4.78, 5) is 11.2. The van der Waals surface area contributed by atoms with Gasteiger partial charge < -0.3 is 15.5 Å². The molecule has 1 aromatic rings. The van der Waals surface area contributed by atoms with E-state index in [-0.39, 0.29) is 24.0 Å². The summed E-state index contributed by atoms with van der Waals surface area (Å²) in [6.07, 6.45) is 8.48. The Kier molecular flexibility index (Phi) is 7.73. The molecule has 2 N–H and O–H groups in total. The number of nitrogens with zero attached hydrogens (tertiary/aromatic N) is 5. The molecule has 1 saturated heterocycles. The summed E-state index contributed by atoms with van der Waals surface area (Å²) in [5.41, 5.74) is 0. The predicted molar refractivity (Wildman–Crippen MR) is 107 cm³/mol. The maximum absolute atomic E-state index is 4.33. The predicted octanol–water partition coefficient (Wildman–Crippen LogP) is 1.36. The molecule has 0 radical (unpaired) electrons. The number of likely N-dealkylation sites (tertiary alicyclic amines) is 1. The summed E-state index contributed by atoms with van der Waals surface area (Å²) in [5.74, 6) is 2.69. The molecule has 0 bridgehead atoms. The molecule has 1 unspecified atom stereocenters. The van der Waals surface area contributed by atoms with Gasteiger partial charge in [0.05, 0.1) is 6.54 Å². The van der Waals surface area contributed by atoms with Crippen molar-refractivity contribution in [1.82, 2.24) is 30.3 Å². The van der Waals surface area contributed by atoms with Crippen molar-refractivity contribution >= 4 is 29.9 Å². The lowest BCUT2D eigenvalue weighted by molar-refractivity contribution is 0.275. The summed E-state index contributed by atoms with van der Waals surface area (Å²) < 4.78 is 1.78. The lowest BCUT2D eigenvalue weighted by Gasteiger charge is -2.21. The van der Waals surface area contributed by atoms with Crippen molar-refractivity contribution in [3.05, 3.63) is 12.2 Å². The van der Waals surface area contributed by atoms with E-state index in [1.807, 2.05) is 14.1 Å². The van der Waals surface area contributed by atoms with Crippen LogP contribution in [0.2, 0.25) is 0 Å². The number of rotatable bonds is 5. The third-order valence-electron chi connectivity index (χ3n) is 5.05. The van der Waals surface area contributed by atoms with Crippen molar-refractivity contribution in [1.29, 1.82) is 0 Å². The first kappa shape index (κ1) is 19.4. The average molecular weight is 447 g/mol. The highest BCUT2D eigenvalue weighted by atomic mass is 127. The van der Waals surface area contributed by atoms with Crippen LogP contribution in [-0.4, -0.2) is 58.3 Å². The van der Waals surface area contributed by atoms with Gasteiger partial charge in [-0.1, -0.05) is 12.8 Å². The number of aromatic nitrogens is 3. The summed E-state index contributed by atoms with van der Waals surface area (Å²) in [7, 11) is 3.72. The van der Waals surface area contributed by atoms with Crippen molar-refractivity contribution in [2.24, 2.45) is 18.0 Å². The second-order valence-corrected chi connectivity index (χ2v) is 6.77. The second kappa shape index (κ2) is 9.55. The molecular formula is C16H30IN7. The molecule has 24 heavy (non-hydrogen) atoms. The van der Waals surface area contributed by atoms with E-state index in [0.717, 1.165) is 24.2 Å². The minimum Gasteiger partial charge on any atom is -0.352 e. The summed E-state index contributed by atoms with van der Waals surface area (Å²) in [6, 6.07) is 0.488. The first-order chi connectivity index (χ1) is 11.2. The molecule has 1 aliphatic heterocycles. The fraction of sp³-hybridized carbons (Fsp3) is 0.812. The number of nitrogens with one attached hydrogen (secondary N) is 2. The Morgan fingerprint density at radius 1 is 1.33 bits per heavy atom. The van der Waals surface area contributed by atoms with Gasteiger partial charge in [-0.05, 0) is 25.2 Å². The van der Waals surface area contributed by atoms with E-state index in [1.165, 1.54) is 45.2 Å². The first-order valence-corrected chi connectivity index (χ1v) is 8.77. The summed E-state index contributed by atoms with van der Waals surface area (Å²) >= 11 is 0. The van der Waals surface area contributed by atoms with Crippen molar-refractivity contribution in [2.45, 2.75) is 44.7 Å². The van der Waals surface area contributed by atoms with Gasteiger partial charge in [-0.25, -0.2) is 4.98 Å². The van der Waals surface area contributed by atoms with Crippen molar-refractivity contribution in [3.63, 3.8) is 0 Å². The zero-order valence-electron chi connectivity index (χ0n) is 14.7. The second-order valence-electron chi connectivity index (χ2n) is 6.77. The Morgan fingerprint density at radius 2 is 2.12 bits per heavy atom. The van der Waals surface area contributed by atoms with Crippen LogP contribution in [0.15, 0.2) is 11.3 Å². The smallest absolute Gasteiger partial charge is 0.191 e. The van der Waals surface area contributed by atoms with Gasteiger partial charge in [0.15, 0.2) is 5.96 Å². The van der Waals surface area contributed by atoms with Crippen LogP contribution in [0.5, 0.6) is 0 Å². The molecule has 2 aliphatic rings. The van der Waals surface area contributed by atoms with Gasteiger partial charge in [-0.3, -0.25) is 9.67 Å². The SMILES string of the molecule is CN=C(NCc1ncnn1C)NC1CCN(CC2CCCC2)C1.I. The highest BCUT2D eigenvalue weighted by Crippen LogP contribution is 2.26. The molecule has 136 valence electrons. The third kappa shape index (κ3) is 5.30. The van der Waals surface area contributed by atoms with Crippen LogP contribution in [0.25, 0.3) is 0 Å². The Hall–Kier alpha value is -0.900. The molecular weight excluding hydrogens is 417 g/mol. The maximum Gasteiger partial charge on any atom is 0.191 e. The number of guanidine groups is 1. The highest BCUT2D eigenvalue weighted by Gasteiger charge is 2.26. The molecule has 8 heteroatoms. The minimum absolute atomic E-state index is 0. The lowest BCUT2D eigenvalue weighted by atomic mass is 10.1. The van der Waals surface area contributed by atoms with Crippen LogP contribution in [0.3, 0.4) is 0 Å². The molecule has 0 amide bonds. The van der Waals surface area contributed by atoms with E-state index in [2.05, 4.69) is 30.6 Å². The van der Waals surface area contributed by atoms with E-state index in [0.29, 0.717) is 12.6 Å². The van der Waals surface area contributed by atoms with Gasteiger partial charge in [0.2, 0.25) is 0 Å². The van der Waals surface area contributed by atoms with Crippen LogP contribution in [-0.2, 0) is 13.6 Å². The van der Waals surface area contributed by atoms with E-state index < -0.39 is 0 Å². The van der Waals surface area contributed by atoms with Gasteiger partial charge in [-0.2, -0.15) is 5.10 Å². The molecule has 2 heterocycles. The van der Waals surface area contributed by atoms with Crippen LogP contribution in [0.4, 0.5) is 0 Å². The van der Waals surface area contributed by atoms with Crippen LogP contribution in [0.1, 0.15) is 37.9 Å². The number of hydrogen-bond acceptors (Lipinski definition) is 4. The fourth-order valence-corrected chi connectivity index (χ4v) is 3.71. The summed E-state index contributed by atoms with van der Waals surface area (Å²) in [6.45, 7) is 4.24. The standard InChI is InChI=1S/C16H29N7.HI/c1-17-16(18-9-15-19-12-20-22(15)2)21-14-7-8-23(11-14)10-13-5-3-4-6-13;/h12-14H,3-11H2,1-2H3,(H2,17,18,21);1H. The van der Waals surface area contributed by atoms with Gasteiger partial charge in [0.1, 0.15) is 12.2 Å². The van der Waals surface area contributed by atoms with Crippen molar-refractivity contribution in [3.8, 4) is 0 Å². The molecule has 7 nitrogen and oxygen atoms in total. The largest absolute Gasteiger partial charge is 0.352 e. The Balaban J connectivity index is 0.00000208. The molecule has 0 aromatic carbocycles. The number of aryl methyl sites for hydroxylation is 1. The van der Waals surface area contributed by atoms with E-state index >= 15 is 0 Å². The van der Waals surface area contributed by atoms with Crippen molar-refractivity contribution in [2.75, 3.05) is 26.7 Å². The Labute approximate surface area is 161 Å². The lowest BCUT2D eigenvalue weighted by Crippen LogP contribution is -2.44. The van der Waals surface area contributed by atoms with Gasteiger partial charge >= 0.3 is 0 Å². The Bertz CT molecular complexity index is 524. The van der Waals surface area contributed by atoms with Crippen molar-refractivity contribution < 1.29 is 0 Å². The topological polar surface area (TPSA) is 70.4 Å². The maximum atomic E-state index is 4.33. The number of aliphatic imine (C=N–C) groups is 1. The zero-order chi connectivity index (χ0) is 16.1. The Morgan fingerprint density at radius 3 is 2.79 bits per heavy atom. The molecule has 1 atom stereocenters. The van der Waals surface area contributed by atoms with Crippen LogP contribution < -0.4 is 10.6 Å². The normalized spacial score (nSPS) is 22.6. The fourth-order valence-electron chi connectivity index (χ4n) is 3.71. The summed E-state index contributed by atoms with van der Waals surface area (Å²) in [5, 5.41) is 10.9. The molecule has 2 fully saturated rings. The third-order valence-corrected chi connectivity index (χ3v) is 5.05.